The number of carbonyl (C=O) groups excluding carboxylic acids is 1. The van der Waals surface area contributed by atoms with Gasteiger partial charge in [0.1, 0.15) is 12.1 Å². The molecule has 0 saturated carbocycles. The lowest BCUT2D eigenvalue weighted by Gasteiger charge is -1.87. The Morgan fingerprint density at radius 3 is 3.13 bits per heavy atom. The first kappa shape index (κ1) is 9.50. The van der Waals surface area contributed by atoms with Crippen LogP contribution >= 0.6 is 0 Å². The number of hydrogen-bond acceptors (Lipinski definition) is 6. The molecule has 0 unspecified atom stereocenters. The van der Waals surface area contributed by atoms with Crippen LogP contribution in [0, 0.1) is 0 Å². The van der Waals surface area contributed by atoms with E-state index in [-0.39, 0.29) is 5.78 Å². The second-order valence-corrected chi connectivity index (χ2v) is 3.05. The summed E-state index contributed by atoms with van der Waals surface area (Å²) < 4.78 is 4.94. The van der Waals surface area contributed by atoms with E-state index in [0.717, 1.165) is 0 Å². The van der Waals surface area contributed by atoms with E-state index in [1.807, 2.05) is 0 Å². The van der Waals surface area contributed by atoms with Crippen LogP contribution in [0.25, 0.3) is 11.6 Å². The fourth-order valence-corrected chi connectivity index (χ4v) is 1.05. The van der Waals surface area contributed by atoms with Gasteiger partial charge in [0.2, 0.25) is 11.7 Å². The minimum atomic E-state index is 0.0921. The molecule has 0 atom stereocenters. The van der Waals surface area contributed by atoms with Crippen LogP contribution in [0.2, 0.25) is 0 Å². The number of aromatic amines is 1. The van der Waals surface area contributed by atoms with E-state index < -0.39 is 0 Å². The second kappa shape index (κ2) is 3.99. The quantitative estimate of drug-likeness (QED) is 0.778. The predicted molar refractivity (Wildman–Crippen MR) is 48.7 cm³/mol. The van der Waals surface area contributed by atoms with E-state index >= 15 is 0 Å². The van der Waals surface area contributed by atoms with Crippen LogP contribution in [0.3, 0.4) is 0 Å². The Morgan fingerprint density at radius 1 is 1.60 bits per heavy atom. The van der Waals surface area contributed by atoms with E-state index in [2.05, 4.69) is 25.3 Å². The van der Waals surface area contributed by atoms with Gasteiger partial charge in [-0.25, -0.2) is 4.98 Å². The normalized spacial score (nSPS) is 10.5. The summed E-state index contributed by atoms with van der Waals surface area (Å²) in [5, 5.41) is 9.99. The molecule has 0 aliphatic carbocycles. The number of nitrogens with zero attached hydrogens (tertiary/aromatic N) is 4. The van der Waals surface area contributed by atoms with Crippen molar-refractivity contribution < 1.29 is 9.32 Å². The smallest absolute Gasteiger partial charge is 0.239 e. The maximum absolute atomic E-state index is 10.7. The number of hydrogen-bond donors (Lipinski definition) is 1. The third-order valence-electron chi connectivity index (χ3n) is 1.79. The monoisotopic (exact) mass is 207 g/mol. The van der Waals surface area contributed by atoms with Gasteiger partial charge in [-0.1, -0.05) is 5.16 Å². The summed E-state index contributed by atoms with van der Waals surface area (Å²) in [5.74, 6) is 1.32. The molecule has 0 spiro atoms. The van der Waals surface area contributed by atoms with Gasteiger partial charge in [0.05, 0.1) is 0 Å². The van der Waals surface area contributed by atoms with Crippen molar-refractivity contribution in [2.75, 3.05) is 0 Å². The topological polar surface area (TPSA) is 97.6 Å². The summed E-state index contributed by atoms with van der Waals surface area (Å²) in [7, 11) is 0. The molecule has 0 aliphatic heterocycles. The second-order valence-electron chi connectivity index (χ2n) is 3.05. The van der Waals surface area contributed by atoms with Gasteiger partial charge in [-0.3, -0.25) is 5.10 Å². The standard InChI is InChI=1S/C8H9N5O2/c1-5(14)2-3-6-11-8(13-15-6)7-9-4-10-12-7/h4H,2-3H2,1H3,(H,9,10,12). The predicted octanol–water partition coefficient (Wildman–Crippen LogP) is 0.376. The number of aromatic nitrogens is 5. The average molecular weight is 207 g/mol. The van der Waals surface area contributed by atoms with Crippen LogP contribution in [-0.4, -0.2) is 31.1 Å². The van der Waals surface area contributed by atoms with E-state index in [4.69, 9.17) is 4.52 Å². The Morgan fingerprint density at radius 2 is 2.47 bits per heavy atom. The summed E-state index contributed by atoms with van der Waals surface area (Å²) >= 11 is 0. The van der Waals surface area contributed by atoms with Crippen molar-refractivity contribution in [3.8, 4) is 11.6 Å². The lowest BCUT2D eigenvalue weighted by Crippen LogP contribution is -1.94. The molecular weight excluding hydrogens is 198 g/mol. The van der Waals surface area contributed by atoms with Gasteiger partial charge in [0.15, 0.2) is 5.82 Å². The SMILES string of the molecule is CC(=O)CCc1nc(-c2ncn[nH]2)no1. The van der Waals surface area contributed by atoms with Crippen LogP contribution in [0.5, 0.6) is 0 Å². The fraction of sp³-hybridized carbons (Fsp3) is 0.375. The summed E-state index contributed by atoms with van der Waals surface area (Å²) in [6.07, 6.45) is 2.22. The highest BCUT2D eigenvalue weighted by molar-refractivity contribution is 5.75. The van der Waals surface area contributed by atoms with Crippen molar-refractivity contribution in [1.29, 1.82) is 0 Å². The van der Waals surface area contributed by atoms with E-state index in [1.165, 1.54) is 13.3 Å². The summed E-state index contributed by atoms with van der Waals surface area (Å²) in [5.41, 5.74) is 0. The lowest BCUT2D eigenvalue weighted by atomic mass is 10.2. The van der Waals surface area contributed by atoms with Gasteiger partial charge in [0.25, 0.3) is 0 Å². The molecule has 0 radical (unpaired) electrons. The zero-order chi connectivity index (χ0) is 10.7. The first-order valence-corrected chi connectivity index (χ1v) is 4.43. The highest BCUT2D eigenvalue weighted by Crippen LogP contribution is 2.09. The number of H-pyrrole nitrogens is 1. The molecule has 1 N–H and O–H groups in total. The van der Waals surface area contributed by atoms with Crippen molar-refractivity contribution in [3.05, 3.63) is 12.2 Å². The van der Waals surface area contributed by atoms with Gasteiger partial charge in [-0.15, -0.1) is 0 Å². The Kier molecular flexibility index (Phi) is 2.53. The molecule has 7 heteroatoms. The van der Waals surface area contributed by atoms with E-state index in [0.29, 0.717) is 30.4 Å². The van der Waals surface area contributed by atoms with Gasteiger partial charge >= 0.3 is 0 Å². The molecule has 78 valence electrons. The summed E-state index contributed by atoms with van der Waals surface area (Å²) in [4.78, 5) is 18.7. The maximum atomic E-state index is 10.7. The zero-order valence-electron chi connectivity index (χ0n) is 8.10. The van der Waals surface area contributed by atoms with Crippen molar-refractivity contribution in [2.45, 2.75) is 19.8 Å². The van der Waals surface area contributed by atoms with Crippen LogP contribution in [0.15, 0.2) is 10.9 Å². The van der Waals surface area contributed by atoms with Crippen molar-refractivity contribution in [2.24, 2.45) is 0 Å². The van der Waals surface area contributed by atoms with Gasteiger partial charge in [0, 0.05) is 12.8 Å². The molecule has 2 aromatic heterocycles. The molecule has 0 aromatic carbocycles. The zero-order valence-corrected chi connectivity index (χ0v) is 8.10. The number of ketones is 1. The minimum absolute atomic E-state index is 0.0921. The number of nitrogens with one attached hydrogen (secondary N) is 1. The number of rotatable bonds is 4. The van der Waals surface area contributed by atoms with Crippen LogP contribution in [-0.2, 0) is 11.2 Å². The summed E-state index contributed by atoms with van der Waals surface area (Å²) in [6.45, 7) is 1.52. The third kappa shape index (κ3) is 2.25. The highest BCUT2D eigenvalue weighted by atomic mass is 16.5. The minimum Gasteiger partial charge on any atom is -0.339 e. The van der Waals surface area contributed by atoms with Crippen LogP contribution in [0.1, 0.15) is 19.2 Å². The molecule has 0 bridgehead atoms. The van der Waals surface area contributed by atoms with Gasteiger partial charge < -0.3 is 9.32 Å². The van der Waals surface area contributed by atoms with Crippen molar-refractivity contribution in [3.63, 3.8) is 0 Å². The van der Waals surface area contributed by atoms with E-state index in [9.17, 15) is 4.79 Å². The molecule has 7 nitrogen and oxygen atoms in total. The number of aryl methyl sites for hydroxylation is 1. The number of carbonyl (C=O) groups is 1. The molecule has 0 aliphatic rings. The van der Waals surface area contributed by atoms with Gasteiger partial charge in [-0.2, -0.15) is 10.1 Å². The molecule has 0 fully saturated rings. The lowest BCUT2D eigenvalue weighted by molar-refractivity contribution is -0.117. The summed E-state index contributed by atoms with van der Waals surface area (Å²) in [6, 6.07) is 0. The van der Waals surface area contributed by atoms with Gasteiger partial charge in [-0.05, 0) is 6.92 Å². The van der Waals surface area contributed by atoms with Crippen LogP contribution < -0.4 is 0 Å². The number of Topliss-reactive ketones (excluding diaryl/α,β-unsaturated/α-hetero) is 1. The molecule has 2 heterocycles. The Hall–Kier alpha value is -2.05. The molecular formula is C8H9N5O2. The molecule has 0 amide bonds. The molecule has 2 rings (SSSR count). The molecule has 0 saturated heterocycles. The fourth-order valence-electron chi connectivity index (χ4n) is 1.05. The van der Waals surface area contributed by atoms with Crippen LogP contribution in [0.4, 0.5) is 0 Å². The Bertz CT molecular complexity index is 447. The highest BCUT2D eigenvalue weighted by Gasteiger charge is 2.10. The largest absolute Gasteiger partial charge is 0.339 e. The van der Waals surface area contributed by atoms with E-state index in [1.54, 1.807) is 0 Å². The molecule has 15 heavy (non-hydrogen) atoms. The van der Waals surface area contributed by atoms with Crippen molar-refractivity contribution >= 4 is 5.78 Å². The third-order valence-corrected chi connectivity index (χ3v) is 1.79. The first-order chi connectivity index (χ1) is 7.25. The average Bonchev–Trinajstić information content (AvgIpc) is 2.85. The Labute approximate surface area is 84.9 Å². The Balaban J connectivity index is 2.08. The first-order valence-electron chi connectivity index (χ1n) is 4.43. The van der Waals surface area contributed by atoms with Crippen molar-refractivity contribution in [1.82, 2.24) is 25.3 Å². The molecule has 2 aromatic rings. The maximum Gasteiger partial charge on any atom is 0.239 e.